The number of aromatic amines is 1. The van der Waals surface area contributed by atoms with Crippen molar-refractivity contribution in [1.29, 1.82) is 0 Å². The van der Waals surface area contributed by atoms with Crippen LogP contribution in [0, 0.1) is 0 Å². The average molecular weight is 386 g/mol. The summed E-state index contributed by atoms with van der Waals surface area (Å²) in [4.78, 5) is 24.3. The monoisotopic (exact) mass is 386 g/mol. The third kappa shape index (κ3) is 3.88. The Bertz CT molecular complexity index is 1280. The number of guanidine groups is 1. The minimum atomic E-state index is -0.283. The molecule has 29 heavy (non-hydrogen) atoms. The van der Waals surface area contributed by atoms with E-state index in [2.05, 4.69) is 30.5 Å². The maximum absolute atomic E-state index is 12.7. The van der Waals surface area contributed by atoms with Crippen molar-refractivity contribution in [2.24, 2.45) is 21.7 Å². The van der Waals surface area contributed by atoms with Crippen molar-refractivity contribution in [3.8, 4) is 0 Å². The number of nitrogens with one attached hydrogen (secondary N) is 2. The smallest absolute Gasteiger partial charge is 0.273 e. The molecule has 0 atom stereocenters. The van der Waals surface area contributed by atoms with Crippen LogP contribution in [0.3, 0.4) is 0 Å². The Balaban J connectivity index is 1.59. The molecule has 4 rings (SSSR count). The molecule has 0 radical (unpaired) electrons. The first kappa shape index (κ1) is 18.1. The van der Waals surface area contributed by atoms with Crippen LogP contribution in [0.15, 0.2) is 65.1 Å². The maximum Gasteiger partial charge on any atom is 0.273 e. The van der Waals surface area contributed by atoms with Gasteiger partial charge in [0.2, 0.25) is 5.96 Å². The molecule has 3 heterocycles. The molecule has 0 aliphatic heterocycles. The highest BCUT2D eigenvalue weighted by Crippen LogP contribution is 2.19. The standard InChI is InChI=1S/C20H18N8O/c1-11(27-28-20(21)22)12-2-4-15-14(8-12)9-17(24-15)19(29)26-18-5-3-13-10-23-7-6-16(13)25-18/h2-10,24H,1H3,(H4,21,22,28)(H,25,26,29). The van der Waals surface area contributed by atoms with Gasteiger partial charge in [-0.3, -0.25) is 9.78 Å². The lowest BCUT2D eigenvalue weighted by Gasteiger charge is -2.04. The lowest BCUT2D eigenvalue weighted by molar-refractivity contribution is 0.102. The van der Waals surface area contributed by atoms with Crippen molar-refractivity contribution < 1.29 is 4.79 Å². The molecule has 0 spiro atoms. The quantitative estimate of drug-likeness (QED) is 0.241. The largest absolute Gasteiger partial charge is 0.369 e. The number of nitrogens with zero attached hydrogens (tertiary/aromatic N) is 4. The van der Waals surface area contributed by atoms with Gasteiger partial charge in [-0.15, -0.1) is 5.10 Å². The number of amides is 1. The van der Waals surface area contributed by atoms with E-state index in [1.54, 1.807) is 37.5 Å². The van der Waals surface area contributed by atoms with E-state index < -0.39 is 0 Å². The summed E-state index contributed by atoms with van der Waals surface area (Å²) in [5.41, 5.74) is 14.1. The first-order valence-corrected chi connectivity index (χ1v) is 8.78. The predicted octanol–water partition coefficient (Wildman–Crippen LogP) is 2.36. The molecular formula is C20H18N8O. The van der Waals surface area contributed by atoms with Gasteiger partial charge >= 0.3 is 0 Å². The fourth-order valence-electron chi connectivity index (χ4n) is 2.89. The SMILES string of the molecule is CC(=NN=C(N)N)c1ccc2[nH]c(C(=O)Nc3ccc4cnccc4n3)cc2c1. The number of pyridine rings is 2. The Labute approximate surface area is 165 Å². The van der Waals surface area contributed by atoms with E-state index in [1.165, 1.54) is 0 Å². The van der Waals surface area contributed by atoms with Crippen LogP contribution < -0.4 is 16.8 Å². The number of nitrogens with two attached hydrogens (primary N) is 2. The van der Waals surface area contributed by atoms with Crippen LogP contribution in [0.5, 0.6) is 0 Å². The zero-order valence-electron chi connectivity index (χ0n) is 15.5. The summed E-state index contributed by atoms with van der Waals surface area (Å²) in [6.07, 6.45) is 3.39. The highest BCUT2D eigenvalue weighted by Gasteiger charge is 2.12. The van der Waals surface area contributed by atoms with E-state index in [0.717, 1.165) is 27.4 Å². The number of carbonyl (C=O) groups is 1. The lowest BCUT2D eigenvalue weighted by atomic mass is 10.1. The van der Waals surface area contributed by atoms with Gasteiger partial charge in [-0.25, -0.2) is 4.98 Å². The highest BCUT2D eigenvalue weighted by atomic mass is 16.1. The molecule has 6 N–H and O–H groups in total. The molecule has 3 aromatic heterocycles. The molecule has 0 fully saturated rings. The van der Waals surface area contributed by atoms with Crippen molar-refractivity contribution in [3.63, 3.8) is 0 Å². The summed E-state index contributed by atoms with van der Waals surface area (Å²) in [5, 5.41) is 12.2. The maximum atomic E-state index is 12.7. The number of fused-ring (bicyclic) bond motifs is 2. The fourth-order valence-corrected chi connectivity index (χ4v) is 2.89. The van der Waals surface area contributed by atoms with Crippen LogP contribution in [0.25, 0.3) is 21.8 Å². The third-order valence-corrected chi connectivity index (χ3v) is 4.33. The van der Waals surface area contributed by atoms with Crippen LogP contribution in [0.1, 0.15) is 23.0 Å². The second-order valence-corrected chi connectivity index (χ2v) is 6.41. The van der Waals surface area contributed by atoms with Gasteiger partial charge in [-0.2, -0.15) is 5.10 Å². The Hall–Kier alpha value is -4.27. The Morgan fingerprint density at radius 1 is 1.07 bits per heavy atom. The van der Waals surface area contributed by atoms with Crippen LogP contribution in [-0.4, -0.2) is 32.5 Å². The molecule has 1 aromatic carbocycles. The van der Waals surface area contributed by atoms with Gasteiger partial charge in [0.25, 0.3) is 5.91 Å². The van der Waals surface area contributed by atoms with E-state index in [9.17, 15) is 4.79 Å². The first-order chi connectivity index (χ1) is 14.0. The zero-order valence-corrected chi connectivity index (χ0v) is 15.5. The third-order valence-electron chi connectivity index (χ3n) is 4.33. The number of hydrogen-bond acceptors (Lipinski definition) is 5. The minimum Gasteiger partial charge on any atom is -0.369 e. The number of benzene rings is 1. The van der Waals surface area contributed by atoms with Gasteiger partial charge in [0.05, 0.1) is 11.2 Å². The summed E-state index contributed by atoms with van der Waals surface area (Å²) >= 11 is 0. The Kier molecular flexibility index (Phi) is 4.62. The van der Waals surface area contributed by atoms with Crippen molar-refractivity contribution in [1.82, 2.24) is 15.0 Å². The molecule has 0 saturated heterocycles. The molecule has 0 bridgehead atoms. The van der Waals surface area contributed by atoms with Gasteiger partial charge in [-0.05, 0) is 48.9 Å². The summed E-state index contributed by atoms with van der Waals surface area (Å²) in [5.74, 6) is 0.0763. The van der Waals surface area contributed by atoms with Crippen molar-refractivity contribution in [2.45, 2.75) is 6.92 Å². The Morgan fingerprint density at radius 3 is 2.76 bits per heavy atom. The topological polar surface area (TPSA) is 147 Å². The van der Waals surface area contributed by atoms with E-state index in [-0.39, 0.29) is 11.9 Å². The van der Waals surface area contributed by atoms with E-state index in [1.807, 2.05) is 24.3 Å². The fraction of sp³-hybridized carbons (Fsp3) is 0.0500. The van der Waals surface area contributed by atoms with Crippen LogP contribution in [-0.2, 0) is 0 Å². The average Bonchev–Trinajstić information content (AvgIpc) is 3.15. The van der Waals surface area contributed by atoms with Crippen molar-refractivity contribution in [3.05, 3.63) is 66.1 Å². The van der Waals surface area contributed by atoms with Gasteiger partial charge in [-0.1, -0.05) is 6.07 Å². The Morgan fingerprint density at radius 2 is 1.93 bits per heavy atom. The number of H-pyrrole nitrogens is 1. The lowest BCUT2D eigenvalue weighted by Crippen LogP contribution is -2.22. The molecule has 0 aliphatic rings. The normalized spacial score (nSPS) is 11.6. The molecule has 0 unspecified atom stereocenters. The van der Waals surface area contributed by atoms with Crippen molar-refractivity contribution in [2.75, 3.05) is 5.32 Å². The van der Waals surface area contributed by atoms with Gasteiger partial charge < -0.3 is 21.8 Å². The molecule has 4 aromatic rings. The first-order valence-electron chi connectivity index (χ1n) is 8.78. The predicted molar refractivity (Wildman–Crippen MR) is 114 cm³/mol. The summed E-state index contributed by atoms with van der Waals surface area (Å²) in [7, 11) is 0. The highest BCUT2D eigenvalue weighted by molar-refractivity contribution is 6.07. The number of hydrogen-bond donors (Lipinski definition) is 4. The molecular weight excluding hydrogens is 368 g/mol. The summed E-state index contributed by atoms with van der Waals surface area (Å²) in [6, 6.07) is 12.8. The molecule has 9 nitrogen and oxygen atoms in total. The van der Waals surface area contributed by atoms with Gasteiger partial charge in [0, 0.05) is 28.7 Å². The van der Waals surface area contributed by atoms with Crippen LogP contribution >= 0.6 is 0 Å². The van der Waals surface area contributed by atoms with Crippen LogP contribution in [0.2, 0.25) is 0 Å². The molecule has 1 amide bonds. The van der Waals surface area contributed by atoms with E-state index in [4.69, 9.17) is 11.5 Å². The van der Waals surface area contributed by atoms with E-state index >= 15 is 0 Å². The molecule has 0 aliphatic carbocycles. The second-order valence-electron chi connectivity index (χ2n) is 6.41. The molecule has 144 valence electrons. The molecule has 0 saturated carbocycles. The number of carbonyl (C=O) groups excluding carboxylic acids is 1. The number of anilines is 1. The van der Waals surface area contributed by atoms with Gasteiger partial charge in [0.1, 0.15) is 11.5 Å². The van der Waals surface area contributed by atoms with E-state index in [0.29, 0.717) is 17.2 Å². The summed E-state index contributed by atoms with van der Waals surface area (Å²) in [6.45, 7) is 1.80. The van der Waals surface area contributed by atoms with Crippen LogP contribution in [0.4, 0.5) is 5.82 Å². The molecule has 9 heteroatoms. The second kappa shape index (κ2) is 7.39. The number of rotatable bonds is 4. The number of aromatic nitrogens is 3. The van der Waals surface area contributed by atoms with Crippen molar-refractivity contribution >= 4 is 45.2 Å². The minimum absolute atomic E-state index is 0.107. The zero-order chi connectivity index (χ0) is 20.4. The van der Waals surface area contributed by atoms with Gasteiger partial charge in [0.15, 0.2) is 0 Å². The summed E-state index contributed by atoms with van der Waals surface area (Å²) < 4.78 is 0.